The summed E-state index contributed by atoms with van der Waals surface area (Å²) in [4.78, 5) is 26.5. The van der Waals surface area contributed by atoms with E-state index in [0.29, 0.717) is 22.8 Å². The van der Waals surface area contributed by atoms with Gasteiger partial charge in [0.25, 0.3) is 0 Å². The molecule has 2 rings (SSSR count). The summed E-state index contributed by atoms with van der Waals surface area (Å²) in [5.41, 5.74) is 1.31. The van der Waals surface area contributed by atoms with E-state index in [2.05, 4.69) is 4.98 Å². The monoisotopic (exact) mass is 263 g/mol. The number of carbonyl (C=O) groups excluding carboxylic acids is 2. The van der Waals surface area contributed by atoms with E-state index in [-0.39, 0.29) is 17.2 Å². The van der Waals surface area contributed by atoms with Crippen molar-refractivity contribution < 1.29 is 14.3 Å². The number of hydrogen-bond acceptors (Lipinski definition) is 4. The van der Waals surface area contributed by atoms with Gasteiger partial charge in [-0.2, -0.15) is 0 Å². The van der Waals surface area contributed by atoms with Crippen LogP contribution in [0.1, 0.15) is 27.6 Å². The van der Waals surface area contributed by atoms with Crippen LogP contribution in [0.25, 0.3) is 10.9 Å². The lowest BCUT2D eigenvalue weighted by molar-refractivity contribution is 0.0526. The minimum atomic E-state index is -0.520. The zero-order valence-electron chi connectivity index (χ0n) is 9.64. The number of rotatable bonds is 3. The second-order valence-corrected chi connectivity index (χ2v) is 3.98. The molecular weight excluding hydrogens is 254 g/mol. The molecule has 1 aromatic heterocycles. The number of fused-ring (bicyclic) bond motifs is 1. The average molecular weight is 264 g/mol. The van der Waals surface area contributed by atoms with Gasteiger partial charge in [-0.05, 0) is 25.1 Å². The van der Waals surface area contributed by atoms with E-state index >= 15 is 0 Å². The topological polar surface area (TPSA) is 56.3 Å². The summed E-state index contributed by atoms with van der Waals surface area (Å²) in [6, 6.07) is 4.92. The second kappa shape index (κ2) is 5.14. The van der Waals surface area contributed by atoms with Gasteiger partial charge in [0.05, 0.1) is 22.7 Å². The Hall–Kier alpha value is -1.94. The molecule has 2 aromatic rings. The van der Waals surface area contributed by atoms with Gasteiger partial charge in [-0.1, -0.05) is 11.6 Å². The van der Waals surface area contributed by atoms with Crippen LogP contribution in [-0.4, -0.2) is 23.8 Å². The van der Waals surface area contributed by atoms with Crippen LogP contribution in [-0.2, 0) is 4.74 Å². The first-order valence-electron chi connectivity index (χ1n) is 5.38. The highest BCUT2D eigenvalue weighted by molar-refractivity contribution is 6.38. The molecule has 0 amide bonds. The lowest BCUT2D eigenvalue weighted by atomic mass is 10.1. The summed E-state index contributed by atoms with van der Waals surface area (Å²) >= 11 is 6.14. The van der Waals surface area contributed by atoms with Crippen LogP contribution in [0.5, 0.6) is 0 Å². The molecule has 0 unspecified atom stereocenters. The van der Waals surface area contributed by atoms with Gasteiger partial charge in [0.2, 0.25) is 0 Å². The van der Waals surface area contributed by atoms with Gasteiger partial charge < -0.3 is 4.74 Å². The van der Waals surface area contributed by atoms with E-state index in [1.165, 1.54) is 6.20 Å². The molecule has 1 aromatic carbocycles. The highest BCUT2D eigenvalue weighted by Crippen LogP contribution is 2.26. The molecule has 0 saturated heterocycles. The highest BCUT2D eigenvalue weighted by Gasteiger charge is 2.15. The van der Waals surface area contributed by atoms with Crippen molar-refractivity contribution in [1.82, 2.24) is 4.98 Å². The third kappa shape index (κ3) is 2.19. The first-order valence-corrected chi connectivity index (χ1v) is 5.75. The summed E-state index contributed by atoms with van der Waals surface area (Å²) in [6.45, 7) is 1.98. The Labute approximate surface area is 109 Å². The number of halogens is 1. The molecule has 4 nitrogen and oxygen atoms in total. The summed E-state index contributed by atoms with van der Waals surface area (Å²) < 4.78 is 4.88. The van der Waals surface area contributed by atoms with E-state index in [4.69, 9.17) is 16.3 Å². The molecule has 0 N–H and O–H groups in total. The predicted molar refractivity (Wildman–Crippen MR) is 68.1 cm³/mol. The fraction of sp³-hybridized carbons (Fsp3) is 0.154. The average Bonchev–Trinajstić information content (AvgIpc) is 2.39. The number of nitrogens with zero attached hydrogens (tertiary/aromatic N) is 1. The van der Waals surface area contributed by atoms with Gasteiger partial charge in [-0.25, -0.2) is 4.79 Å². The van der Waals surface area contributed by atoms with Crippen LogP contribution in [0.15, 0.2) is 24.4 Å². The van der Waals surface area contributed by atoms with Crippen molar-refractivity contribution >= 4 is 34.8 Å². The normalized spacial score (nSPS) is 10.3. The predicted octanol–water partition coefficient (Wildman–Crippen LogP) is 2.88. The maximum atomic E-state index is 11.6. The molecule has 0 aliphatic heterocycles. The third-order valence-electron chi connectivity index (χ3n) is 2.46. The van der Waals surface area contributed by atoms with E-state index in [1.54, 1.807) is 25.1 Å². The zero-order chi connectivity index (χ0) is 13.1. The summed E-state index contributed by atoms with van der Waals surface area (Å²) in [6.07, 6.45) is 2.09. The zero-order valence-corrected chi connectivity index (χ0v) is 10.4. The van der Waals surface area contributed by atoms with Crippen LogP contribution < -0.4 is 0 Å². The number of carbonyl (C=O) groups is 2. The SMILES string of the molecule is CCOC(=O)c1cnc2ccc(C=O)cc2c1Cl. The number of hydrogen-bond donors (Lipinski definition) is 0. The first-order chi connectivity index (χ1) is 8.67. The molecule has 0 spiro atoms. The van der Waals surface area contributed by atoms with E-state index in [0.717, 1.165) is 0 Å². The molecule has 1 heterocycles. The standard InChI is InChI=1S/C13H10ClNO3/c1-2-18-13(17)10-6-15-11-4-3-8(7-16)5-9(11)12(10)14/h3-7H,2H2,1H3. The Kier molecular flexibility index (Phi) is 3.58. The number of ether oxygens (including phenoxy) is 1. The van der Waals surface area contributed by atoms with Crippen molar-refractivity contribution in [3.63, 3.8) is 0 Å². The smallest absolute Gasteiger partial charge is 0.341 e. The minimum Gasteiger partial charge on any atom is -0.462 e. The summed E-state index contributed by atoms with van der Waals surface area (Å²) in [5, 5.41) is 0.814. The van der Waals surface area contributed by atoms with Crippen molar-refractivity contribution in [3.05, 3.63) is 40.5 Å². The Bertz CT molecular complexity index is 625. The van der Waals surface area contributed by atoms with Gasteiger partial charge in [0.1, 0.15) is 6.29 Å². The van der Waals surface area contributed by atoms with Gasteiger partial charge in [-0.15, -0.1) is 0 Å². The Morgan fingerprint density at radius 1 is 1.50 bits per heavy atom. The van der Waals surface area contributed by atoms with Gasteiger partial charge in [0.15, 0.2) is 0 Å². The summed E-state index contributed by atoms with van der Waals surface area (Å²) in [5.74, 6) is -0.520. The van der Waals surface area contributed by atoms with Crippen LogP contribution in [0, 0.1) is 0 Å². The molecular formula is C13H10ClNO3. The Balaban J connectivity index is 2.61. The van der Waals surface area contributed by atoms with E-state index in [9.17, 15) is 9.59 Å². The van der Waals surface area contributed by atoms with Crippen LogP contribution in [0.3, 0.4) is 0 Å². The molecule has 0 atom stereocenters. The molecule has 0 aliphatic rings. The highest BCUT2D eigenvalue weighted by atomic mass is 35.5. The number of aromatic nitrogens is 1. The fourth-order valence-corrected chi connectivity index (χ4v) is 1.88. The molecule has 5 heteroatoms. The van der Waals surface area contributed by atoms with E-state index in [1.807, 2.05) is 0 Å². The maximum Gasteiger partial charge on any atom is 0.341 e. The first kappa shape index (κ1) is 12.5. The largest absolute Gasteiger partial charge is 0.462 e. The van der Waals surface area contributed by atoms with Gasteiger partial charge in [0, 0.05) is 17.1 Å². The molecule has 92 valence electrons. The lowest BCUT2D eigenvalue weighted by Gasteiger charge is -2.06. The lowest BCUT2D eigenvalue weighted by Crippen LogP contribution is -2.06. The van der Waals surface area contributed by atoms with Gasteiger partial charge >= 0.3 is 5.97 Å². The fourth-order valence-electron chi connectivity index (χ4n) is 1.60. The third-order valence-corrected chi connectivity index (χ3v) is 2.86. The van der Waals surface area contributed by atoms with Crippen molar-refractivity contribution in [3.8, 4) is 0 Å². The minimum absolute atomic E-state index is 0.203. The van der Waals surface area contributed by atoms with Crippen LogP contribution >= 0.6 is 11.6 Å². The molecule has 0 fully saturated rings. The van der Waals surface area contributed by atoms with E-state index < -0.39 is 5.97 Å². The Morgan fingerprint density at radius 2 is 2.28 bits per heavy atom. The van der Waals surface area contributed by atoms with Crippen LogP contribution in [0.4, 0.5) is 0 Å². The van der Waals surface area contributed by atoms with Crippen molar-refractivity contribution in [1.29, 1.82) is 0 Å². The van der Waals surface area contributed by atoms with Crippen molar-refractivity contribution in [2.24, 2.45) is 0 Å². The second-order valence-electron chi connectivity index (χ2n) is 3.60. The molecule has 0 radical (unpaired) electrons. The molecule has 0 aliphatic carbocycles. The molecule has 0 bridgehead atoms. The summed E-state index contributed by atoms with van der Waals surface area (Å²) in [7, 11) is 0. The number of benzene rings is 1. The van der Waals surface area contributed by atoms with Gasteiger partial charge in [-0.3, -0.25) is 9.78 Å². The van der Waals surface area contributed by atoms with Crippen molar-refractivity contribution in [2.75, 3.05) is 6.61 Å². The number of pyridine rings is 1. The number of esters is 1. The Morgan fingerprint density at radius 3 is 2.94 bits per heavy atom. The molecule has 18 heavy (non-hydrogen) atoms. The molecule has 0 saturated carbocycles. The quantitative estimate of drug-likeness (QED) is 0.631. The van der Waals surface area contributed by atoms with Crippen LogP contribution in [0.2, 0.25) is 5.02 Å². The number of aldehydes is 1. The maximum absolute atomic E-state index is 11.6. The van der Waals surface area contributed by atoms with Crippen molar-refractivity contribution in [2.45, 2.75) is 6.92 Å².